The average Bonchev–Trinajstić information content (AvgIpc) is 2.88. The number of imidazole rings is 1. The maximum atomic E-state index is 11.3. The Morgan fingerprint density at radius 1 is 1.33 bits per heavy atom. The van der Waals surface area contributed by atoms with Gasteiger partial charge in [-0.25, -0.2) is 13.4 Å². The van der Waals surface area contributed by atoms with Crippen LogP contribution in [0.1, 0.15) is 12.2 Å². The summed E-state index contributed by atoms with van der Waals surface area (Å²) in [6.07, 6.45) is 4.06. The molecule has 1 aliphatic heterocycles. The maximum Gasteiger partial charge on any atom is 0.261 e. The summed E-state index contributed by atoms with van der Waals surface area (Å²) < 4.78 is 24.7. The minimum absolute atomic E-state index is 0.106. The second-order valence-corrected chi connectivity index (χ2v) is 6.87. The van der Waals surface area contributed by atoms with Gasteiger partial charge in [0.1, 0.15) is 5.82 Å². The Balaban J connectivity index is 2.06. The molecule has 0 radical (unpaired) electrons. The third-order valence-electron chi connectivity index (χ3n) is 3.07. The number of aryl methyl sites for hydroxylation is 2. The van der Waals surface area contributed by atoms with Crippen LogP contribution in [0.15, 0.2) is 35.4 Å². The highest BCUT2D eigenvalue weighted by Crippen LogP contribution is 2.25. The summed E-state index contributed by atoms with van der Waals surface area (Å²) in [5.41, 5.74) is 1.57. The van der Waals surface area contributed by atoms with Crippen molar-refractivity contribution in [3.05, 3.63) is 36.3 Å². The van der Waals surface area contributed by atoms with E-state index in [2.05, 4.69) is 9.55 Å². The number of rotatable bonds is 2. The fourth-order valence-electron chi connectivity index (χ4n) is 2.20. The van der Waals surface area contributed by atoms with Gasteiger partial charge in [-0.2, -0.15) is 0 Å². The van der Waals surface area contributed by atoms with Crippen molar-refractivity contribution < 1.29 is 8.42 Å². The molecule has 4 nitrogen and oxygen atoms in total. The molecule has 1 aromatic heterocycles. The quantitative estimate of drug-likeness (QED) is 0.795. The van der Waals surface area contributed by atoms with E-state index in [9.17, 15) is 8.42 Å². The maximum absolute atomic E-state index is 11.3. The van der Waals surface area contributed by atoms with Crippen LogP contribution in [-0.4, -0.2) is 18.0 Å². The lowest BCUT2D eigenvalue weighted by molar-refractivity contribution is 0.609. The first-order valence-electron chi connectivity index (χ1n) is 5.65. The number of hydrogen-bond donors (Lipinski definition) is 0. The Kier molecular flexibility index (Phi) is 2.68. The summed E-state index contributed by atoms with van der Waals surface area (Å²) in [5, 5.41) is 0. The number of halogens is 1. The van der Waals surface area contributed by atoms with Crippen molar-refractivity contribution in [3.8, 4) is 11.3 Å². The van der Waals surface area contributed by atoms with E-state index in [1.54, 1.807) is 12.1 Å². The van der Waals surface area contributed by atoms with E-state index in [1.165, 1.54) is 6.07 Å². The fourth-order valence-corrected chi connectivity index (χ4v) is 3.00. The van der Waals surface area contributed by atoms with E-state index in [0.29, 0.717) is 0 Å². The SMILES string of the molecule is O=S(=O)(Cl)c1cccc(-c2cn3c(n2)CCC3)c1. The Hall–Kier alpha value is -1.33. The van der Waals surface area contributed by atoms with Gasteiger partial charge in [0.05, 0.1) is 10.6 Å². The minimum Gasteiger partial charge on any atom is -0.334 e. The molecular formula is C12H11ClN2O2S. The van der Waals surface area contributed by atoms with Gasteiger partial charge in [0.25, 0.3) is 9.05 Å². The molecule has 0 amide bonds. The normalized spacial score (nSPS) is 14.7. The summed E-state index contributed by atoms with van der Waals surface area (Å²) in [4.78, 5) is 4.62. The fraction of sp³-hybridized carbons (Fsp3) is 0.250. The summed E-state index contributed by atoms with van der Waals surface area (Å²) in [5.74, 6) is 1.06. The van der Waals surface area contributed by atoms with Gasteiger partial charge in [0.2, 0.25) is 0 Å². The molecule has 2 heterocycles. The third kappa shape index (κ3) is 2.04. The van der Waals surface area contributed by atoms with Crippen LogP contribution in [0.5, 0.6) is 0 Å². The lowest BCUT2D eigenvalue weighted by atomic mass is 10.2. The van der Waals surface area contributed by atoms with Gasteiger partial charge in [-0.1, -0.05) is 12.1 Å². The number of hydrogen-bond acceptors (Lipinski definition) is 3. The highest BCUT2D eigenvalue weighted by Gasteiger charge is 2.16. The van der Waals surface area contributed by atoms with Gasteiger partial charge in [-0.05, 0) is 18.6 Å². The Morgan fingerprint density at radius 3 is 2.89 bits per heavy atom. The van der Waals surface area contributed by atoms with Crippen LogP contribution in [0.2, 0.25) is 0 Å². The van der Waals surface area contributed by atoms with E-state index in [-0.39, 0.29) is 4.90 Å². The zero-order chi connectivity index (χ0) is 12.8. The van der Waals surface area contributed by atoms with Gasteiger partial charge in [-0.15, -0.1) is 0 Å². The predicted octanol–water partition coefficient (Wildman–Crippen LogP) is 2.42. The molecule has 0 N–H and O–H groups in total. The first kappa shape index (κ1) is 11.7. The molecule has 6 heteroatoms. The Labute approximate surface area is 110 Å². The molecule has 0 fully saturated rings. The monoisotopic (exact) mass is 282 g/mol. The van der Waals surface area contributed by atoms with Crippen LogP contribution in [0.4, 0.5) is 0 Å². The molecule has 3 rings (SSSR count). The van der Waals surface area contributed by atoms with E-state index in [4.69, 9.17) is 10.7 Å². The molecule has 0 spiro atoms. The van der Waals surface area contributed by atoms with Crippen molar-refractivity contribution in [1.82, 2.24) is 9.55 Å². The first-order valence-corrected chi connectivity index (χ1v) is 7.96. The molecule has 0 aliphatic carbocycles. The van der Waals surface area contributed by atoms with Gasteiger partial charge in [0.15, 0.2) is 0 Å². The molecule has 0 saturated heterocycles. The number of nitrogens with zero attached hydrogens (tertiary/aromatic N) is 2. The van der Waals surface area contributed by atoms with Gasteiger partial charge in [0, 0.05) is 35.4 Å². The second kappa shape index (κ2) is 4.10. The van der Waals surface area contributed by atoms with Crippen molar-refractivity contribution in [3.63, 3.8) is 0 Å². The molecule has 1 aromatic carbocycles. The highest BCUT2D eigenvalue weighted by molar-refractivity contribution is 8.13. The van der Waals surface area contributed by atoms with Crippen LogP contribution < -0.4 is 0 Å². The molecular weight excluding hydrogens is 272 g/mol. The lowest BCUT2D eigenvalue weighted by Crippen LogP contribution is -1.91. The molecule has 18 heavy (non-hydrogen) atoms. The molecule has 94 valence electrons. The molecule has 2 aromatic rings. The highest BCUT2D eigenvalue weighted by atomic mass is 35.7. The molecule has 0 saturated carbocycles. The van der Waals surface area contributed by atoms with Crippen molar-refractivity contribution in [2.45, 2.75) is 24.3 Å². The zero-order valence-electron chi connectivity index (χ0n) is 9.51. The number of benzene rings is 1. The van der Waals surface area contributed by atoms with Crippen molar-refractivity contribution in [1.29, 1.82) is 0 Å². The topological polar surface area (TPSA) is 52.0 Å². The lowest BCUT2D eigenvalue weighted by Gasteiger charge is -2.00. The Morgan fingerprint density at radius 2 is 2.17 bits per heavy atom. The largest absolute Gasteiger partial charge is 0.334 e. The second-order valence-electron chi connectivity index (χ2n) is 4.30. The standard InChI is InChI=1S/C12H11ClN2O2S/c13-18(16,17)10-4-1-3-9(7-10)11-8-15-6-2-5-12(15)14-11/h1,3-4,7-8H,2,5-6H2. The van der Waals surface area contributed by atoms with Gasteiger partial charge in [-0.3, -0.25) is 0 Å². The molecule has 0 atom stereocenters. The number of fused-ring (bicyclic) bond motifs is 1. The smallest absolute Gasteiger partial charge is 0.261 e. The first-order chi connectivity index (χ1) is 8.54. The van der Waals surface area contributed by atoms with E-state index in [1.807, 2.05) is 12.3 Å². The molecule has 0 unspecified atom stereocenters. The van der Waals surface area contributed by atoms with Crippen molar-refractivity contribution in [2.24, 2.45) is 0 Å². The van der Waals surface area contributed by atoms with Gasteiger partial charge >= 0.3 is 0 Å². The van der Waals surface area contributed by atoms with E-state index >= 15 is 0 Å². The molecule has 0 bridgehead atoms. The average molecular weight is 283 g/mol. The summed E-state index contributed by atoms with van der Waals surface area (Å²) >= 11 is 0. The Bertz CT molecular complexity index is 685. The molecule has 1 aliphatic rings. The summed E-state index contributed by atoms with van der Waals surface area (Å²) in [6.45, 7) is 0.982. The summed E-state index contributed by atoms with van der Waals surface area (Å²) in [7, 11) is 1.65. The summed E-state index contributed by atoms with van der Waals surface area (Å²) in [6, 6.07) is 6.55. The van der Waals surface area contributed by atoms with Gasteiger partial charge < -0.3 is 4.57 Å². The van der Waals surface area contributed by atoms with Crippen LogP contribution in [0.25, 0.3) is 11.3 Å². The zero-order valence-corrected chi connectivity index (χ0v) is 11.1. The van der Waals surface area contributed by atoms with Crippen LogP contribution in [0.3, 0.4) is 0 Å². The predicted molar refractivity (Wildman–Crippen MR) is 69.0 cm³/mol. The third-order valence-corrected chi connectivity index (χ3v) is 4.42. The van der Waals surface area contributed by atoms with Crippen molar-refractivity contribution in [2.75, 3.05) is 0 Å². The van der Waals surface area contributed by atoms with Crippen LogP contribution in [-0.2, 0) is 22.0 Å². The van der Waals surface area contributed by atoms with E-state index < -0.39 is 9.05 Å². The van der Waals surface area contributed by atoms with E-state index in [0.717, 1.165) is 36.5 Å². The van der Waals surface area contributed by atoms with Crippen LogP contribution in [0, 0.1) is 0 Å². The van der Waals surface area contributed by atoms with Crippen molar-refractivity contribution >= 4 is 19.7 Å². The minimum atomic E-state index is -3.69. The number of aromatic nitrogens is 2. The van der Waals surface area contributed by atoms with Crippen LogP contribution >= 0.6 is 10.7 Å².